The summed E-state index contributed by atoms with van der Waals surface area (Å²) < 4.78 is 10.7. The van der Waals surface area contributed by atoms with E-state index in [9.17, 15) is 4.79 Å². The van der Waals surface area contributed by atoms with Crippen LogP contribution in [0.15, 0.2) is 24.3 Å². The summed E-state index contributed by atoms with van der Waals surface area (Å²) in [6.45, 7) is 4.99. The molecule has 3 rings (SSSR count). The minimum atomic E-state index is -0.0748. The number of nitrogens with one attached hydrogen (secondary N) is 1. The van der Waals surface area contributed by atoms with Gasteiger partial charge in [0, 0.05) is 32.0 Å². The lowest BCUT2D eigenvalue weighted by Crippen LogP contribution is -2.39. The normalized spacial score (nSPS) is 20.2. The van der Waals surface area contributed by atoms with Crippen molar-refractivity contribution in [3.05, 3.63) is 41.2 Å². The van der Waals surface area contributed by atoms with Gasteiger partial charge in [0.2, 0.25) is 0 Å². The second-order valence-electron chi connectivity index (χ2n) is 6.59. The molecule has 1 saturated heterocycles. The number of nitrogens with zero attached hydrogens (tertiary/aromatic N) is 2. The molecule has 6 heteroatoms. The molecule has 2 atom stereocenters. The molecule has 2 aromatic rings. The quantitative estimate of drug-likeness (QED) is 0.906. The lowest BCUT2D eigenvalue weighted by molar-refractivity contribution is 0.0606. The van der Waals surface area contributed by atoms with E-state index in [0.29, 0.717) is 18.8 Å². The standard InChI is InChI=1S/C19H25N3O3/c1-12-6-5-7-14(8-12)18-20-13(2)17(21-18)19(23)22-10-16(25-4)9-15(22)11-24-3/h5-8,15-16H,9-11H2,1-4H3,(H,20,21)/t15-,16-/m0/s1. The second kappa shape index (κ2) is 7.37. The van der Waals surface area contributed by atoms with Crippen molar-refractivity contribution in [1.82, 2.24) is 14.9 Å². The highest BCUT2D eigenvalue weighted by atomic mass is 16.5. The van der Waals surface area contributed by atoms with E-state index in [2.05, 4.69) is 16.0 Å². The molecule has 1 amide bonds. The number of aromatic amines is 1. The van der Waals surface area contributed by atoms with Crippen LogP contribution in [0.1, 0.15) is 28.2 Å². The molecule has 0 unspecified atom stereocenters. The van der Waals surface area contributed by atoms with Crippen LogP contribution in [0.25, 0.3) is 11.4 Å². The van der Waals surface area contributed by atoms with Crippen molar-refractivity contribution < 1.29 is 14.3 Å². The predicted molar refractivity (Wildman–Crippen MR) is 95.6 cm³/mol. The molecule has 134 valence electrons. The Morgan fingerprint density at radius 1 is 1.36 bits per heavy atom. The summed E-state index contributed by atoms with van der Waals surface area (Å²) in [5, 5.41) is 0. The Bertz CT molecular complexity index is 756. The summed E-state index contributed by atoms with van der Waals surface area (Å²) in [5.41, 5.74) is 3.38. The van der Waals surface area contributed by atoms with Gasteiger partial charge in [-0.1, -0.05) is 23.8 Å². The number of hydrogen-bond donors (Lipinski definition) is 1. The molecule has 1 aromatic carbocycles. The van der Waals surface area contributed by atoms with Gasteiger partial charge in [0.1, 0.15) is 11.5 Å². The lowest BCUT2D eigenvalue weighted by Gasteiger charge is -2.23. The van der Waals surface area contributed by atoms with Crippen LogP contribution in [0.4, 0.5) is 0 Å². The van der Waals surface area contributed by atoms with Gasteiger partial charge in [0.15, 0.2) is 0 Å². The molecule has 0 saturated carbocycles. The number of benzene rings is 1. The number of carbonyl (C=O) groups is 1. The van der Waals surface area contributed by atoms with Crippen LogP contribution in [-0.2, 0) is 9.47 Å². The maximum absolute atomic E-state index is 13.1. The smallest absolute Gasteiger partial charge is 0.274 e. The van der Waals surface area contributed by atoms with Gasteiger partial charge in [0.05, 0.1) is 18.8 Å². The number of amides is 1. The van der Waals surface area contributed by atoms with E-state index in [1.54, 1.807) is 14.2 Å². The Hall–Kier alpha value is -2.18. The highest BCUT2D eigenvalue weighted by molar-refractivity contribution is 5.94. The summed E-state index contributed by atoms with van der Waals surface area (Å²) in [7, 11) is 3.33. The van der Waals surface area contributed by atoms with Gasteiger partial charge in [-0.3, -0.25) is 4.79 Å². The summed E-state index contributed by atoms with van der Waals surface area (Å²) >= 11 is 0. The van der Waals surface area contributed by atoms with Crippen molar-refractivity contribution in [2.45, 2.75) is 32.4 Å². The topological polar surface area (TPSA) is 67.5 Å². The largest absolute Gasteiger partial charge is 0.383 e. The highest BCUT2D eigenvalue weighted by Crippen LogP contribution is 2.25. The van der Waals surface area contributed by atoms with Crippen LogP contribution >= 0.6 is 0 Å². The molecule has 2 heterocycles. The van der Waals surface area contributed by atoms with Gasteiger partial charge in [-0.05, 0) is 26.3 Å². The Kier molecular flexibility index (Phi) is 5.20. The molecule has 6 nitrogen and oxygen atoms in total. The van der Waals surface area contributed by atoms with Crippen LogP contribution in [0.5, 0.6) is 0 Å². The Morgan fingerprint density at radius 3 is 2.84 bits per heavy atom. The van der Waals surface area contributed by atoms with Crippen LogP contribution in [0.2, 0.25) is 0 Å². The number of imidazole rings is 1. The molecule has 0 spiro atoms. The second-order valence-corrected chi connectivity index (χ2v) is 6.59. The molecule has 1 N–H and O–H groups in total. The van der Waals surface area contributed by atoms with Crippen LogP contribution in [0, 0.1) is 13.8 Å². The molecular formula is C19H25N3O3. The third kappa shape index (κ3) is 3.60. The van der Waals surface area contributed by atoms with Crippen LogP contribution in [0.3, 0.4) is 0 Å². The number of aromatic nitrogens is 2. The van der Waals surface area contributed by atoms with E-state index in [1.165, 1.54) is 0 Å². The molecule has 0 aliphatic carbocycles. The van der Waals surface area contributed by atoms with Gasteiger partial charge in [-0.2, -0.15) is 0 Å². The van der Waals surface area contributed by atoms with E-state index in [1.807, 2.05) is 36.9 Å². The zero-order chi connectivity index (χ0) is 18.0. The SMILES string of the molecule is COC[C@@H]1C[C@H](OC)CN1C(=O)c1nc(-c2cccc(C)c2)[nH]c1C. The number of likely N-dealkylation sites (tertiary alicyclic amines) is 1. The molecule has 25 heavy (non-hydrogen) atoms. The minimum absolute atomic E-state index is 0.0148. The number of hydrogen-bond acceptors (Lipinski definition) is 4. The Labute approximate surface area is 148 Å². The van der Waals surface area contributed by atoms with Crippen LogP contribution in [-0.4, -0.2) is 60.3 Å². The fourth-order valence-electron chi connectivity index (χ4n) is 3.38. The van der Waals surface area contributed by atoms with Gasteiger partial charge >= 0.3 is 0 Å². The molecule has 0 bridgehead atoms. The average molecular weight is 343 g/mol. The first kappa shape index (κ1) is 17.6. The summed E-state index contributed by atoms with van der Waals surface area (Å²) in [6.07, 6.45) is 0.823. The van der Waals surface area contributed by atoms with Crippen molar-refractivity contribution in [3.63, 3.8) is 0 Å². The summed E-state index contributed by atoms with van der Waals surface area (Å²) in [4.78, 5) is 22.7. The molecule has 1 fully saturated rings. The van der Waals surface area contributed by atoms with E-state index < -0.39 is 0 Å². The lowest BCUT2D eigenvalue weighted by atomic mass is 10.1. The van der Waals surface area contributed by atoms with Crippen molar-refractivity contribution in [2.24, 2.45) is 0 Å². The molecule has 1 aliphatic rings. The average Bonchev–Trinajstić information content (AvgIpc) is 3.18. The predicted octanol–water partition coefficient (Wildman–Crippen LogP) is 2.57. The van der Waals surface area contributed by atoms with Crippen molar-refractivity contribution >= 4 is 5.91 Å². The van der Waals surface area contributed by atoms with E-state index in [4.69, 9.17) is 9.47 Å². The maximum atomic E-state index is 13.1. The van der Waals surface area contributed by atoms with Crippen molar-refractivity contribution in [3.8, 4) is 11.4 Å². The van der Waals surface area contributed by atoms with E-state index in [0.717, 1.165) is 29.1 Å². The number of rotatable bonds is 5. The molecule has 1 aliphatic heterocycles. The zero-order valence-electron chi connectivity index (χ0n) is 15.2. The third-order valence-corrected chi connectivity index (χ3v) is 4.71. The molecule has 1 aromatic heterocycles. The first-order chi connectivity index (χ1) is 12.0. The van der Waals surface area contributed by atoms with Crippen LogP contribution < -0.4 is 0 Å². The van der Waals surface area contributed by atoms with Gasteiger partial charge in [-0.25, -0.2) is 4.98 Å². The Morgan fingerprint density at radius 2 is 2.16 bits per heavy atom. The monoisotopic (exact) mass is 343 g/mol. The number of H-pyrrole nitrogens is 1. The van der Waals surface area contributed by atoms with Gasteiger partial charge < -0.3 is 19.4 Å². The number of ether oxygens (including phenoxy) is 2. The number of aryl methyl sites for hydroxylation is 2. The highest BCUT2D eigenvalue weighted by Gasteiger charge is 2.37. The summed E-state index contributed by atoms with van der Waals surface area (Å²) in [5.74, 6) is 0.643. The Balaban J connectivity index is 1.87. The van der Waals surface area contributed by atoms with Crippen molar-refractivity contribution in [1.29, 1.82) is 0 Å². The van der Waals surface area contributed by atoms with Crippen molar-refractivity contribution in [2.75, 3.05) is 27.4 Å². The fraction of sp³-hybridized carbons (Fsp3) is 0.474. The molecular weight excluding hydrogens is 318 g/mol. The fourth-order valence-corrected chi connectivity index (χ4v) is 3.38. The van der Waals surface area contributed by atoms with Gasteiger partial charge in [0.25, 0.3) is 5.91 Å². The van der Waals surface area contributed by atoms with E-state index in [-0.39, 0.29) is 18.1 Å². The first-order valence-corrected chi connectivity index (χ1v) is 8.49. The maximum Gasteiger partial charge on any atom is 0.274 e. The zero-order valence-corrected chi connectivity index (χ0v) is 15.2. The molecule has 0 radical (unpaired) electrons. The summed E-state index contributed by atoms with van der Waals surface area (Å²) in [6, 6.07) is 8.08. The first-order valence-electron chi connectivity index (χ1n) is 8.49. The number of carbonyl (C=O) groups excluding carboxylic acids is 1. The third-order valence-electron chi connectivity index (χ3n) is 4.71. The minimum Gasteiger partial charge on any atom is -0.383 e. The van der Waals surface area contributed by atoms with E-state index >= 15 is 0 Å². The number of methoxy groups -OCH3 is 2. The van der Waals surface area contributed by atoms with Gasteiger partial charge in [-0.15, -0.1) is 0 Å².